The van der Waals surface area contributed by atoms with Crippen LogP contribution in [0, 0.1) is 11.6 Å². The van der Waals surface area contributed by atoms with Crippen LogP contribution in [0.3, 0.4) is 0 Å². The number of halogens is 4. The van der Waals surface area contributed by atoms with Gasteiger partial charge < -0.3 is 5.32 Å². The Kier molecular flexibility index (Phi) is 5.57. The number of rotatable bonds is 5. The second-order valence-electron chi connectivity index (χ2n) is 4.88. The van der Waals surface area contributed by atoms with Gasteiger partial charge in [0.1, 0.15) is 11.6 Å². The van der Waals surface area contributed by atoms with Crippen LogP contribution in [0.4, 0.5) is 8.78 Å². The predicted molar refractivity (Wildman–Crippen MR) is 83.1 cm³/mol. The Hall–Kier alpha value is -1.16. The van der Waals surface area contributed by atoms with Crippen LogP contribution in [0.25, 0.3) is 0 Å². The molecule has 0 saturated carbocycles. The first-order valence-corrected chi connectivity index (χ1v) is 7.30. The first-order valence-electron chi connectivity index (χ1n) is 6.54. The smallest absolute Gasteiger partial charge is 0.126 e. The van der Waals surface area contributed by atoms with E-state index in [2.05, 4.69) is 5.32 Å². The van der Waals surface area contributed by atoms with Gasteiger partial charge >= 0.3 is 0 Å². The monoisotopic (exact) mass is 329 g/mol. The summed E-state index contributed by atoms with van der Waals surface area (Å²) < 4.78 is 26.5. The van der Waals surface area contributed by atoms with Crippen LogP contribution in [-0.4, -0.2) is 13.1 Å². The summed E-state index contributed by atoms with van der Waals surface area (Å²) in [7, 11) is 1.80. The number of hydrogen-bond donors (Lipinski definition) is 1. The molecule has 21 heavy (non-hydrogen) atoms. The summed E-state index contributed by atoms with van der Waals surface area (Å²) in [5.74, 6) is -1.14. The molecule has 0 amide bonds. The molecule has 0 aliphatic heterocycles. The second-order valence-corrected chi connectivity index (χ2v) is 5.67. The first-order chi connectivity index (χ1) is 9.99. The number of likely N-dealkylation sites (N-methyl/N-ethyl adjacent to an activating group) is 1. The van der Waals surface area contributed by atoms with Crippen molar-refractivity contribution in [2.75, 3.05) is 7.05 Å². The Balaban J connectivity index is 2.15. The van der Waals surface area contributed by atoms with E-state index in [1.807, 2.05) is 12.1 Å². The van der Waals surface area contributed by atoms with Crippen molar-refractivity contribution in [2.24, 2.45) is 0 Å². The summed E-state index contributed by atoms with van der Waals surface area (Å²) in [6.07, 6.45) is 1.11. The van der Waals surface area contributed by atoms with Gasteiger partial charge in [-0.2, -0.15) is 0 Å². The zero-order valence-electron chi connectivity index (χ0n) is 11.5. The number of nitrogens with one attached hydrogen (secondary N) is 1. The molecule has 0 spiro atoms. The quantitative estimate of drug-likeness (QED) is 0.842. The summed E-state index contributed by atoms with van der Waals surface area (Å²) in [6.45, 7) is 0. The molecule has 5 heteroatoms. The van der Waals surface area contributed by atoms with E-state index in [0.29, 0.717) is 28.5 Å². The van der Waals surface area contributed by atoms with Crippen molar-refractivity contribution in [2.45, 2.75) is 18.9 Å². The molecule has 112 valence electrons. The standard InChI is InChI=1S/C16H15Cl2F2N/c1-21-14(7-10-5-12(19)9-13(20)6-10)8-11-3-2-4-15(17)16(11)18/h2-6,9,14,21H,7-8H2,1H3. The lowest BCUT2D eigenvalue weighted by Gasteiger charge is -2.17. The third kappa shape index (κ3) is 4.40. The van der Waals surface area contributed by atoms with Crippen molar-refractivity contribution >= 4 is 23.2 Å². The highest BCUT2D eigenvalue weighted by Gasteiger charge is 2.13. The Labute approximate surface area is 132 Å². The molecule has 1 nitrogen and oxygen atoms in total. The lowest BCUT2D eigenvalue weighted by atomic mass is 9.99. The van der Waals surface area contributed by atoms with E-state index >= 15 is 0 Å². The van der Waals surface area contributed by atoms with Crippen LogP contribution in [-0.2, 0) is 12.8 Å². The van der Waals surface area contributed by atoms with Crippen LogP contribution >= 0.6 is 23.2 Å². The zero-order chi connectivity index (χ0) is 15.4. The Bertz CT molecular complexity index is 611. The molecule has 1 atom stereocenters. The van der Waals surface area contributed by atoms with Crippen molar-refractivity contribution in [3.05, 3.63) is 69.2 Å². The van der Waals surface area contributed by atoms with Gasteiger partial charge in [0, 0.05) is 12.1 Å². The van der Waals surface area contributed by atoms with Crippen molar-refractivity contribution in [1.82, 2.24) is 5.32 Å². The topological polar surface area (TPSA) is 12.0 Å². The van der Waals surface area contributed by atoms with E-state index in [4.69, 9.17) is 23.2 Å². The lowest BCUT2D eigenvalue weighted by Crippen LogP contribution is -2.30. The van der Waals surface area contributed by atoms with Crippen molar-refractivity contribution < 1.29 is 8.78 Å². The van der Waals surface area contributed by atoms with E-state index in [0.717, 1.165) is 11.6 Å². The normalized spacial score (nSPS) is 12.4. The molecule has 0 radical (unpaired) electrons. The van der Waals surface area contributed by atoms with Crippen molar-refractivity contribution in [3.8, 4) is 0 Å². The molecule has 0 bridgehead atoms. The molecule has 2 aromatic rings. The van der Waals surface area contributed by atoms with Crippen molar-refractivity contribution in [3.63, 3.8) is 0 Å². The number of hydrogen-bond acceptors (Lipinski definition) is 1. The van der Waals surface area contributed by atoms with E-state index in [9.17, 15) is 8.78 Å². The van der Waals surface area contributed by atoms with E-state index in [1.165, 1.54) is 12.1 Å². The van der Waals surface area contributed by atoms with Crippen LogP contribution in [0.15, 0.2) is 36.4 Å². The minimum Gasteiger partial charge on any atom is -0.316 e. The molecule has 1 unspecified atom stereocenters. The first kappa shape index (κ1) is 16.2. The molecule has 2 aromatic carbocycles. The molecule has 0 fully saturated rings. The molecule has 0 saturated heterocycles. The molecule has 0 aliphatic carbocycles. The van der Waals surface area contributed by atoms with Gasteiger partial charge in [-0.25, -0.2) is 8.78 Å². The Morgan fingerprint density at radius 3 is 2.33 bits per heavy atom. The minimum absolute atomic E-state index is 0.00201. The summed E-state index contributed by atoms with van der Waals surface area (Å²) in [4.78, 5) is 0. The van der Waals surface area contributed by atoms with Gasteiger partial charge in [0.05, 0.1) is 10.0 Å². The molecule has 0 aliphatic rings. The van der Waals surface area contributed by atoms with E-state index in [-0.39, 0.29) is 6.04 Å². The maximum absolute atomic E-state index is 13.2. The molecule has 2 rings (SSSR count). The summed E-state index contributed by atoms with van der Waals surface area (Å²) in [5, 5.41) is 4.16. The maximum Gasteiger partial charge on any atom is 0.126 e. The largest absolute Gasteiger partial charge is 0.316 e. The highest BCUT2D eigenvalue weighted by atomic mass is 35.5. The summed E-state index contributed by atoms with van der Waals surface area (Å²) in [6, 6.07) is 9.00. The van der Waals surface area contributed by atoms with Gasteiger partial charge in [-0.05, 0) is 49.2 Å². The summed E-state index contributed by atoms with van der Waals surface area (Å²) >= 11 is 12.2. The van der Waals surface area contributed by atoms with Gasteiger partial charge in [-0.1, -0.05) is 35.3 Å². The van der Waals surface area contributed by atoms with Gasteiger partial charge in [-0.15, -0.1) is 0 Å². The van der Waals surface area contributed by atoms with E-state index in [1.54, 1.807) is 13.1 Å². The average molecular weight is 330 g/mol. The molecule has 0 aromatic heterocycles. The highest BCUT2D eigenvalue weighted by molar-refractivity contribution is 6.42. The SMILES string of the molecule is CNC(Cc1cc(F)cc(F)c1)Cc1cccc(Cl)c1Cl. The van der Waals surface area contributed by atoms with Gasteiger partial charge in [-0.3, -0.25) is 0 Å². The van der Waals surface area contributed by atoms with Crippen LogP contribution in [0.1, 0.15) is 11.1 Å². The van der Waals surface area contributed by atoms with Gasteiger partial charge in [0.15, 0.2) is 0 Å². The second kappa shape index (κ2) is 7.21. The average Bonchev–Trinajstić information content (AvgIpc) is 2.42. The fourth-order valence-electron chi connectivity index (χ4n) is 2.26. The fourth-order valence-corrected chi connectivity index (χ4v) is 2.66. The third-order valence-corrected chi connectivity index (χ3v) is 4.17. The molecule has 0 heterocycles. The highest BCUT2D eigenvalue weighted by Crippen LogP contribution is 2.26. The van der Waals surface area contributed by atoms with E-state index < -0.39 is 11.6 Å². The molecular weight excluding hydrogens is 315 g/mol. The van der Waals surface area contributed by atoms with Crippen molar-refractivity contribution in [1.29, 1.82) is 0 Å². The van der Waals surface area contributed by atoms with Crippen LogP contribution in [0.5, 0.6) is 0 Å². The Morgan fingerprint density at radius 2 is 1.71 bits per heavy atom. The van der Waals surface area contributed by atoms with Crippen LogP contribution in [0.2, 0.25) is 10.0 Å². The summed E-state index contributed by atoms with van der Waals surface area (Å²) in [5.41, 5.74) is 1.50. The van der Waals surface area contributed by atoms with Gasteiger partial charge in [0.2, 0.25) is 0 Å². The zero-order valence-corrected chi connectivity index (χ0v) is 13.0. The Morgan fingerprint density at radius 1 is 1.05 bits per heavy atom. The van der Waals surface area contributed by atoms with Crippen LogP contribution < -0.4 is 5.32 Å². The lowest BCUT2D eigenvalue weighted by molar-refractivity contribution is 0.543. The van der Waals surface area contributed by atoms with Gasteiger partial charge in [0.25, 0.3) is 0 Å². The molecular formula is C16H15Cl2F2N. The number of benzene rings is 2. The predicted octanol–water partition coefficient (Wildman–Crippen LogP) is 4.64. The fraction of sp³-hybridized carbons (Fsp3) is 0.250. The molecule has 1 N–H and O–H groups in total. The third-order valence-electron chi connectivity index (χ3n) is 3.31. The minimum atomic E-state index is -0.569. The maximum atomic E-state index is 13.2.